The fraction of sp³-hybridized carbons (Fsp3) is 0.105. The molecule has 0 radical (unpaired) electrons. The molecule has 0 aliphatic carbocycles. The molecule has 24 heavy (non-hydrogen) atoms. The van der Waals surface area contributed by atoms with Crippen molar-refractivity contribution < 1.29 is 9.47 Å². The number of methoxy groups -OCH3 is 1. The standard InChI is InChI=1S/C19H17BrN2O2/c1-23-17-9-7-15(8-10-17)22-16-11-18(20)19(21-12-16)24-13-14-5-3-2-4-6-14/h2-12,22H,13H2,1H3. The van der Waals surface area contributed by atoms with E-state index in [1.807, 2.05) is 60.7 Å². The van der Waals surface area contributed by atoms with E-state index in [0.717, 1.165) is 27.2 Å². The third-order valence-electron chi connectivity index (χ3n) is 3.40. The van der Waals surface area contributed by atoms with Gasteiger partial charge in [0.1, 0.15) is 12.4 Å². The van der Waals surface area contributed by atoms with Crippen LogP contribution < -0.4 is 14.8 Å². The van der Waals surface area contributed by atoms with Gasteiger partial charge >= 0.3 is 0 Å². The molecule has 3 aromatic rings. The van der Waals surface area contributed by atoms with Crippen molar-refractivity contribution in [3.05, 3.63) is 76.9 Å². The number of nitrogens with zero attached hydrogens (tertiary/aromatic N) is 1. The first kappa shape index (κ1) is 16.3. The molecular formula is C19H17BrN2O2. The van der Waals surface area contributed by atoms with Gasteiger partial charge in [0.25, 0.3) is 0 Å². The maximum Gasteiger partial charge on any atom is 0.228 e. The number of hydrogen-bond donors (Lipinski definition) is 1. The Balaban J connectivity index is 1.65. The molecule has 3 rings (SSSR count). The van der Waals surface area contributed by atoms with E-state index in [4.69, 9.17) is 9.47 Å². The third kappa shape index (κ3) is 4.26. The van der Waals surface area contributed by atoms with Crippen LogP contribution in [0.4, 0.5) is 11.4 Å². The van der Waals surface area contributed by atoms with Crippen molar-refractivity contribution >= 4 is 27.3 Å². The van der Waals surface area contributed by atoms with Gasteiger partial charge in [0, 0.05) is 5.69 Å². The number of halogens is 1. The van der Waals surface area contributed by atoms with Crippen molar-refractivity contribution in [1.29, 1.82) is 0 Å². The van der Waals surface area contributed by atoms with Crippen molar-refractivity contribution in [2.75, 3.05) is 12.4 Å². The van der Waals surface area contributed by atoms with Gasteiger partial charge in [0.15, 0.2) is 0 Å². The van der Waals surface area contributed by atoms with Crippen LogP contribution in [0.5, 0.6) is 11.6 Å². The summed E-state index contributed by atoms with van der Waals surface area (Å²) in [7, 11) is 1.65. The Labute approximate surface area is 149 Å². The monoisotopic (exact) mass is 384 g/mol. The number of pyridine rings is 1. The molecule has 1 aromatic heterocycles. The largest absolute Gasteiger partial charge is 0.497 e. The van der Waals surface area contributed by atoms with E-state index in [0.29, 0.717) is 12.5 Å². The molecule has 0 aliphatic heterocycles. The quantitative estimate of drug-likeness (QED) is 0.635. The fourth-order valence-corrected chi connectivity index (χ4v) is 2.63. The number of ether oxygens (including phenoxy) is 2. The van der Waals surface area contributed by atoms with Crippen molar-refractivity contribution in [2.45, 2.75) is 6.61 Å². The molecule has 0 saturated heterocycles. The van der Waals surface area contributed by atoms with Crippen molar-refractivity contribution in [3.63, 3.8) is 0 Å². The van der Waals surface area contributed by atoms with Gasteiger partial charge in [-0.25, -0.2) is 4.98 Å². The van der Waals surface area contributed by atoms with E-state index in [1.54, 1.807) is 13.3 Å². The summed E-state index contributed by atoms with van der Waals surface area (Å²) in [4.78, 5) is 4.37. The number of rotatable bonds is 6. The molecule has 5 heteroatoms. The van der Waals surface area contributed by atoms with Crippen LogP contribution >= 0.6 is 15.9 Å². The van der Waals surface area contributed by atoms with Crippen LogP contribution in [0.25, 0.3) is 0 Å². The molecule has 122 valence electrons. The third-order valence-corrected chi connectivity index (χ3v) is 3.97. The normalized spacial score (nSPS) is 10.2. The number of anilines is 2. The Kier molecular flexibility index (Phi) is 5.33. The molecule has 0 spiro atoms. The van der Waals surface area contributed by atoms with Crippen LogP contribution in [0.15, 0.2) is 71.3 Å². The molecule has 0 fully saturated rings. The van der Waals surface area contributed by atoms with Crippen molar-refractivity contribution in [2.24, 2.45) is 0 Å². The number of hydrogen-bond acceptors (Lipinski definition) is 4. The molecule has 1 heterocycles. The predicted molar refractivity (Wildman–Crippen MR) is 99.0 cm³/mol. The number of benzene rings is 2. The van der Waals surface area contributed by atoms with Crippen LogP contribution in [-0.2, 0) is 6.61 Å². The van der Waals surface area contributed by atoms with E-state index in [9.17, 15) is 0 Å². The lowest BCUT2D eigenvalue weighted by molar-refractivity contribution is 0.292. The van der Waals surface area contributed by atoms with E-state index in [2.05, 4.69) is 26.2 Å². The first-order valence-electron chi connectivity index (χ1n) is 7.48. The zero-order valence-corrected chi connectivity index (χ0v) is 14.8. The second-order valence-electron chi connectivity index (χ2n) is 5.14. The Morgan fingerprint density at radius 2 is 1.75 bits per heavy atom. The fourth-order valence-electron chi connectivity index (χ4n) is 2.17. The highest BCUT2D eigenvalue weighted by Crippen LogP contribution is 2.28. The second-order valence-corrected chi connectivity index (χ2v) is 5.99. The highest BCUT2D eigenvalue weighted by molar-refractivity contribution is 9.10. The van der Waals surface area contributed by atoms with Crippen LogP contribution in [0.1, 0.15) is 5.56 Å². The molecule has 0 atom stereocenters. The minimum absolute atomic E-state index is 0.484. The smallest absolute Gasteiger partial charge is 0.228 e. The van der Waals surface area contributed by atoms with Gasteiger partial charge in [-0.1, -0.05) is 30.3 Å². The SMILES string of the molecule is COc1ccc(Nc2cnc(OCc3ccccc3)c(Br)c2)cc1. The lowest BCUT2D eigenvalue weighted by Gasteiger charge is -2.10. The van der Waals surface area contributed by atoms with Crippen LogP contribution in [-0.4, -0.2) is 12.1 Å². The minimum Gasteiger partial charge on any atom is -0.497 e. The van der Waals surface area contributed by atoms with Gasteiger partial charge in [-0.05, 0) is 51.8 Å². The van der Waals surface area contributed by atoms with Crippen LogP contribution in [0, 0.1) is 0 Å². The zero-order valence-electron chi connectivity index (χ0n) is 13.2. The summed E-state index contributed by atoms with van der Waals surface area (Å²) < 4.78 is 11.7. The number of nitrogens with one attached hydrogen (secondary N) is 1. The Morgan fingerprint density at radius 1 is 1.00 bits per heavy atom. The first-order valence-corrected chi connectivity index (χ1v) is 8.27. The summed E-state index contributed by atoms with van der Waals surface area (Å²) in [6.45, 7) is 0.484. The molecule has 0 unspecified atom stereocenters. The maximum atomic E-state index is 5.76. The Morgan fingerprint density at radius 3 is 2.42 bits per heavy atom. The maximum absolute atomic E-state index is 5.76. The summed E-state index contributed by atoms with van der Waals surface area (Å²) in [5.74, 6) is 1.39. The van der Waals surface area contributed by atoms with E-state index in [-0.39, 0.29) is 0 Å². The summed E-state index contributed by atoms with van der Waals surface area (Å²) >= 11 is 3.51. The van der Waals surface area contributed by atoms with E-state index >= 15 is 0 Å². The molecule has 0 amide bonds. The molecule has 1 N–H and O–H groups in total. The average Bonchev–Trinajstić information content (AvgIpc) is 2.62. The van der Waals surface area contributed by atoms with Gasteiger partial charge in [-0.3, -0.25) is 0 Å². The molecule has 0 saturated carbocycles. The predicted octanol–water partition coefficient (Wildman–Crippen LogP) is 5.18. The highest BCUT2D eigenvalue weighted by atomic mass is 79.9. The summed E-state index contributed by atoms with van der Waals surface area (Å²) in [5, 5.41) is 3.29. The summed E-state index contributed by atoms with van der Waals surface area (Å²) in [6, 6.07) is 19.7. The Hall–Kier alpha value is -2.53. The summed E-state index contributed by atoms with van der Waals surface area (Å²) in [5.41, 5.74) is 2.94. The molecule has 0 bridgehead atoms. The first-order chi connectivity index (χ1) is 11.7. The lowest BCUT2D eigenvalue weighted by Crippen LogP contribution is -1.99. The highest BCUT2D eigenvalue weighted by Gasteiger charge is 2.06. The number of aromatic nitrogens is 1. The second kappa shape index (κ2) is 7.84. The van der Waals surface area contributed by atoms with Gasteiger partial charge in [0.2, 0.25) is 5.88 Å². The van der Waals surface area contributed by atoms with Crippen LogP contribution in [0.2, 0.25) is 0 Å². The van der Waals surface area contributed by atoms with E-state index in [1.165, 1.54) is 0 Å². The van der Waals surface area contributed by atoms with Gasteiger partial charge in [-0.15, -0.1) is 0 Å². The molecular weight excluding hydrogens is 368 g/mol. The molecule has 0 aliphatic rings. The van der Waals surface area contributed by atoms with Crippen molar-refractivity contribution in [3.8, 4) is 11.6 Å². The topological polar surface area (TPSA) is 43.4 Å². The minimum atomic E-state index is 0.484. The summed E-state index contributed by atoms with van der Waals surface area (Å²) in [6.07, 6.45) is 1.75. The van der Waals surface area contributed by atoms with Gasteiger partial charge in [-0.2, -0.15) is 0 Å². The van der Waals surface area contributed by atoms with E-state index < -0.39 is 0 Å². The zero-order chi connectivity index (χ0) is 16.8. The van der Waals surface area contributed by atoms with Gasteiger partial charge < -0.3 is 14.8 Å². The van der Waals surface area contributed by atoms with Gasteiger partial charge in [0.05, 0.1) is 23.5 Å². The van der Waals surface area contributed by atoms with Crippen molar-refractivity contribution in [1.82, 2.24) is 4.98 Å². The molecule has 2 aromatic carbocycles. The van der Waals surface area contributed by atoms with Crippen LogP contribution in [0.3, 0.4) is 0 Å². The lowest BCUT2D eigenvalue weighted by atomic mass is 10.2. The Bertz CT molecular complexity index is 792. The molecule has 4 nitrogen and oxygen atoms in total. The average molecular weight is 385 g/mol.